The van der Waals surface area contributed by atoms with E-state index in [1.807, 2.05) is 29.7 Å². The summed E-state index contributed by atoms with van der Waals surface area (Å²) in [6.07, 6.45) is 6.72. The predicted molar refractivity (Wildman–Crippen MR) is 309 cm³/mol. The van der Waals surface area contributed by atoms with Gasteiger partial charge in [-0.05, 0) is 132 Å². The predicted octanol–water partition coefficient (Wildman–Crippen LogP) is 10.5. The first-order valence-electron chi connectivity index (χ1n) is 30.3. The summed E-state index contributed by atoms with van der Waals surface area (Å²) in [4.78, 5) is 86.2. The lowest BCUT2D eigenvalue weighted by Crippen LogP contribution is -2.39. The molecule has 0 N–H and O–H groups in total. The van der Waals surface area contributed by atoms with E-state index < -0.39 is 47.4 Å². The summed E-state index contributed by atoms with van der Waals surface area (Å²) in [5.74, 6) is -0.464. The van der Waals surface area contributed by atoms with Gasteiger partial charge >= 0.3 is 24.5 Å². The second kappa shape index (κ2) is 26.4. The maximum Gasteiger partial charge on any atom is 0.434 e. The highest BCUT2D eigenvalue weighted by Gasteiger charge is 2.53. The second-order valence-corrected chi connectivity index (χ2v) is 23.5. The Kier molecular flexibility index (Phi) is 18.1. The third-order valence-corrected chi connectivity index (χ3v) is 17.8. The van der Waals surface area contributed by atoms with Crippen LogP contribution in [0.15, 0.2) is 117 Å². The summed E-state index contributed by atoms with van der Waals surface area (Å²) in [5, 5.41) is 8.21. The highest BCUT2D eigenvalue weighted by atomic mass is 19.4. The summed E-state index contributed by atoms with van der Waals surface area (Å²) >= 11 is 0. The van der Waals surface area contributed by atoms with E-state index in [1.165, 1.54) is 60.2 Å². The molecule has 13 heterocycles. The average molecular weight is 1310 g/mol. The van der Waals surface area contributed by atoms with Crippen molar-refractivity contribution in [1.82, 2.24) is 79.5 Å². The van der Waals surface area contributed by atoms with Gasteiger partial charge in [-0.1, -0.05) is 6.07 Å². The van der Waals surface area contributed by atoms with E-state index in [0.717, 1.165) is 63.0 Å². The monoisotopic (exact) mass is 1310 g/mol. The number of rotatable bonds is 13. The largest absolute Gasteiger partial charge is 0.491 e. The van der Waals surface area contributed by atoms with Gasteiger partial charge in [0.05, 0.1) is 65.5 Å². The first kappa shape index (κ1) is 64.4. The molecule has 6 fully saturated rings. The van der Waals surface area contributed by atoms with E-state index in [9.17, 15) is 58.3 Å². The molecule has 31 heteroatoms. The lowest BCUT2D eigenvalue weighted by atomic mass is 9.86. The minimum atomic E-state index is -4.54. The number of aromatic nitrogens is 13. The van der Waals surface area contributed by atoms with Crippen molar-refractivity contribution >= 4 is 17.7 Å². The molecule has 0 radical (unpaired) electrons. The summed E-state index contributed by atoms with van der Waals surface area (Å²) < 4.78 is 141. The molecular formula is C63H58F10N16O5. The summed E-state index contributed by atoms with van der Waals surface area (Å²) in [7, 11) is 0. The van der Waals surface area contributed by atoms with E-state index in [2.05, 4.69) is 60.0 Å². The average Bonchev–Trinajstić information content (AvgIpc) is 1.62. The van der Waals surface area contributed by atoms with Crippen molar-refractivity contribution in [3.63, 3.8) is 0 Å². The highest BCUT2D eigenvalue weighted by molar-refractivity contribution is 6.01. The molecule has 8 aromatic rings. The molecule has 7 aromatic heterocycles. The SMILES string of the molecule is CCOc1ccc(C)nc1C(=O)N1C2CCC1C(Cc1cnc(C(F)(F)F)cn1)C2.O=C(c1cccc(F)c1-c1ncccn1)N1C2CCC1C(Oc1ncc(C(F)(F)F)cn1)C2.O=C(c1ncccc1-n1nccn1)N1C2CCC1C(Cc1cnc(C(F)(F)F)cn1)C2. The van der Waals surface area contributed by atoms with Crippen LogP contribution < -0.4 is 9.47 Å². The van der Waals surface area contributed by atoms with Crippen molar-refractivity contribution < 1.29 is 67.8 Å². The molecule has 9 atom stereocenters. The fourth-order valence-corrected chi connectivity index (χ4v) is 13.9. The molecule has 6 aliphatic rings. The van der Waals surface area contributed by atoms with Crippen LogP contribution in [0.2, 0.25) is 0 Å². The van der Waals surface area contributed by atoms with Crippen LogP contribution in [-0.2, 0) is 31.4 Å². The van der Waals surface area contributed by atoms with Crippen molar-refractivity contribution in [2.45, 2.75) is 145 Å². The quantitative estimate of drug-likeness (QED) is 0.0975. The number of carbonyl (C=O) groups is 3. The lowest BCUT2D eigenvalue weighted by molar-refractivity contribution is -0.142. The summed E-state index contributed by atoms with van der Waals surface area (Å²) in [6.45, 7) is 4.12. The van der Waals surface area contributed by atoms with Crippen LogP contribution in [0.1, 0.15) is 130 Å². The fourth-order valence-electron chi connectivity index (χ4n) is 13.9. The van der Waals surface area contributed by atoms with Crippen LogP contribution in [-0.4, -0.2) is 146 Å². The number of carbonyl (C=O) groups excluding carboxylic acids is 3. The van der Waals surface area contributed by atoms with Crippen LogP contribution >= 0.6 is 0 Å². The third kappa shape index (κ3) is 13.4. The summed E-state index contributed by atoms with van der Waals surface area (Å²) in [5.41, 5.74) is 0.0618. The van der Waals surface area contributed by atoms with Gasteiger partial charge in [0.15, 0.2) is 34.3 Å². The van der Waals surface area contributed by atoms with Gasteiger partial charge in [0.25, 0.3) is 17.7 Å². The van der Waals surface area contributed by atoms with Crippen LogP contribution in [0, 0.1) is 24.6 Å². The van der Waals surface area contributed by atoms with Crippen LogP contribution in [0.5, 0.6) is 11.8 Å². The molecule has 94 heavy (non-hydrogen) atoms. The molecule has 1 aromatic carbocycles. The van der Waals surface area contributed by atoms with Crippen LogP contribution in [0.4, 0.5) is 43.9 Å². The standard InChI is InChI=1S/C22H17F4N5O2.C21H23F3N4O2.C20H18F3N7O/c23-15-4-1-3-14(18(15)19-27-7-2-8-28-19)20(32)31-13-5-6-16(31)17(9-13)33-21-29-10-12(11-30-21)22(24,25)26;1-3-30-17-7-4-12(2)27-19(17)20(29)28-15-5-6-16(28)13(9-15)8-14-10-26-18(11-25-14)21(22,23)24;21-20(22,23)17-11-25-13(10-26-17)8-12-9-14-3-4-15(12)29(14)19(31)18-16(2-1-5-24-18)30-27-6-7-28-30/h1-4,7-8,10-11,13,16-17H,5-6,9H2;4,7,10-11,13,15-16H,3,5-6,8-9H2,1-2H3;1-2,5-7,10-12,14-15H,3-4,8-9H2. The van der Waals surface area contributed by atoms with Gasteiger partial charge in [-0.15, -0.1) is 4.80 Å². The number of nitrogens with zero attached hydrogens (tertiary/aromatic N) is 16. The Labute approximate surface area is 529 Å². The second-order valence-electron chi connectivity index (χ2n) is 23.5. The summed E-state index contributed by atoms with van der Waals surface area (Å²) in [6, 6.07) is 12.4. The number of hydrogen-bond acceptors (Lipinski definition) is 17. The maximum absolute atomic E-state index is 14.7. The van der Waals surface area contributed by atoms with E-state index in [0.29, 0.717) is 73.2 Å². The minimum Gasteiger partial charge on any atom is -0.491 e. The Morgan fingerprint density at radius 1 is 0.543 bits per heavy atom. The molecule has 490 valence electrons. The van der Waals surface area contributed by atoms with E-state index in [1.54, 1.807) is 35.4 Å². The maximum atomic E-state index is 14.7. The Balaban J connectivity index is 0.000000136. The number of fused-ring (bicyclic) bond motifs is 6. The van der Waals surface area contributed by atoms with Crippen LogP contribution in [0.25, 0.3) is 17.1 Å². The number of amides is 3. The molecule has 6 saturated heterocycles. The Bertz CT molecular complexity index is 4010. The topological polar surface area (TPSA) is 239 Å². The number of pyridine rings is 2. The van der Waals surface area contributed by atoms with Crippen molar-refractivity contribution in [2.75, 3.05) is 6.61 Å². The molecule has 6 bridgehead atoms. The normalized spacial score (nSPS) is 22.6. The first-order valence-corrected chi connectivity index (χ1v) is 30.3. The molecule has 6 aliphatic heterocycles. The lowest BCUT2D eigenvalue weighted by Gasteiger charge is -2.25. The number of ether oxygens (including phenoxy) is 2. The van der Waals surface area contributed by atoms with Gasteiger partial charge in [-0.3, -0.25) is 24.4 Å². The van der Waals surface area contributed by atoms with Crippen molar-refractivity contribution in [3.8, 4) is 28.8 Å². The molecule has 0 saturated carbocycles. The zero-order valence-electron chi connectivity index (χ0n) is 50.1. The van der Waals surface area contributed by atoms with Gasteiger partial charge in [0.1, 0.15) is 17.6 Å². The molecule has 14 rings (SSSR count). The molecule has 3 amide bonds. The van der Waals surface area contributed by atoms with Crippen molar-refractivity contribution in [1.29, 1.82) is 0 Å². The van der Waals surface area contributed by atoms with Gasteiger partial charge in [-0.2, -0.15) is 49.7 Å². The Morgan fingerprint density at radius 3 is 1.65 bits per heavy atom. The molecule has 0 spiro atoms. The number of benzene rings is 1. The number of alkyl halides is 9. The first-order chi connectivity index (χ1) is 45.0. The molecule has 21 nitrogen and oxygen atoms in total. The zero-order valence-corrected chi connectivity index (χ0v) is 50.1. The molecule has 9 unspecified atom stereocenters. The van der Waals surface area contributed by atoms with E-state index in [4.69, 9.17) is 9.47 Å². The van der Waals surface area contributed by atoms with E-state index in [-0.39, 0.29) is 94.5 Å². The van der Waals surface area contributed by atoms with Crippen molar-refractivity contribution in [3.05, 3.63) is 173 Å². The van der Waals surface area contributed by atoms with Gasteiger partial charge in [-0.25, -0.2) is 44.3 Å². The minimum absolute atomic E-state index is 0.0120. The molecular weight excluding hydrogens is 1250 g/mol. The van der Waals surface area contributed by atoms with Crippen molar-refractivity contribution in [2.24, 2.45) is 11.8 Å². The Hall–Kier alpha value is -9.71. The smallest absolute Gasteiger partial charge is 0.434 e. The van der Waals surface area contributed by atoms with Crippen LogP contribution in [0.3, 0.4) is 0 Å². The Morgan fingerprint density at radius 2 is 1.10 bits per heavy atom. The fraction of sp³-hybridized carbons (Fsp3) is 0.413. The highest BCUT2D eigenvalue weighted by Crippen LogP contribution is 2.47. The number of halogens is 10. The third-order valence-electron chi connectivity index (χ3n) is 17.8. The number of aryl methyl sites for hydroxylation is 1. The van der Waals surface area contributed by atoms with E-state index >= 15 is 0 Å². The van der Waals surface area contributed by atoms with Gasteiger partial charge < -0.3 is 24.2 Å². The number of hydrogen-bond donors (Lipinski definition) is 0. The van der Waals surface area contributed by atoms with Gasteiger partial charge in [0.2, 0.25) is 0 Å². The molecule has 0 aliphatic carbocycles. The van der Waals surface area contributed by atoms with Gasteiger partial charge in [0, 0.05) is 85.7 Å². The zero-order chi connectivity index (χ0) is 66.2.